The largest absolute Gasteiger partial charge is 0.393 e. The Labute approximate surface area is 188 Å². The van der Waals surface area contributed by atoms with Gasteiger partial charge in [0.2, 0.25) is 0 Å². The second kappa shape index (κ2) is 7.17. The number of aliphatic hydroxyl groups is 3. The van der Waals surface area contributed by atoms with Gasteiger partial charge in [-0.3, -0.25) is 4.90 Å². The Morgan fingerprint density at radius 2 is 1.58 bits per heavy atom. The van der Waals surface area contributed by atoms with Crippen LogP contribution in [0, 0.1) is 52.8 Å². The lowest BCUT2D eigenvalue weighted by molar-refractivity contribution is -0.176. The molecule has 6 aliphatic rings. The van der Waals surface area contributed by atoms with Gasteiger partial charge in [0.05, 0.1) is 17.8 Å². The van der Waals surface area contributed by atoms with E-state index >= 15 is 0 Å². The number of hydrogen-bond acceptors (Lipinski definition) is 4. The fourth-order valence-corrected chi connectivity index (χ4v) is 10.6. The van der Waals surface area contributed by atoms with Crippen LogP contribution in [0.2, 0.25) is 0 Å². The van der Waals surface area contributed by atoms with E-state index in [2.05, 4.69) is 25.7 Å². The van der Waals surface area contributed by atoms with Crippen molar-refractivity contribution in [2.45, 2.75) is 102 Å². The van der Waals surface area contributed by atoms with Gasteiger partial charge in [-0.15, -0.1) is 0 Å². The molecule has 176 valence electrons. The summed E-state index contributed by atoms with van der Waals surface area (Å²) in [7, 11) is 0. The van der Waals surface area contributed by atoms with Crippen LogP contribution in [0.15, 0.2) is 0 Å². The van der Waals surface area contributed by atoms with Crippen molar-refractivity contribution in [2.24, 2.45) is 52.8 Å². The summed E-state index contributed by atoms with van der Waals surface area (Å²) in [4.78, 5) is 2.81. The molecule has 2 aliphatic heterocycles. The molecule has 0 spiro atoms. The van der Waals surface area contributed by atoms with Crippen molar-refractivity contribution in [3.63, 3.8) is 0 Å². The van der Waals surface area contributed by atoms with Gasteiger partial charge < -0.3 is 15.3 Å². The minimum absolute atomic E-state index is 0.0760. The summed E-state index contributed by atoms with van der Waals surface area (Å²) in [6.07, 6.45) is 8.78. The smallest absolute Gasteiger partial charge is 0.0711 e. The van der Waals surface area contributed by atoms with Gasteiger partial charge in [0.15, 0.2) is 0 Å². The molecule has 0 unspecified atom stereocenters. The molecule has 31 heavy (non-hydrogen) atoms. The summed E-state index contributed by atoms with van der Waals surface area (Å²) in [5.74, 6) is 4.30. The third-order valence-corrected chi connectivity index (χ3v) is 12.1. The predicted molar refractivity (Wildman–Crippen MR) is 121 cm³/mol. The quantitative estimate of drug-likeness (QED) is 0.547. The van der Waals surface area contributed by atoms with Crippen LogP contribution in [0.1, 0.15) is 78.6 Å². The molecule has 4 aliphatic carbocycles. The Balaban J connectivity index is 1.32. The van der Waals surface area contributed by atoms with Crippen molar-refractivity contribution in [1.82, 2.24) is 4.90 Å². The van der Waals surface area contributed by atoms with Crippen molar-refractivity contribution in [3.05, 3.63) is 0 Å². The zero-order valence-corrected chi connectivity index (χ0v) is 19.9. The third kappa shape index (κ3) is 2.93. The normalized spacial score (nSPS) is 61.5. The van der Waals surface area contributed by atoms with Crippen LogP contribution < -0.4 is 0 Å². The number of aliphatic hydroxyl groups excluding tert-OH is 2. The minimum Gasteiger partial charge on any atom is -0.393 e. The maximum absolute atomic E-state index is 12.3. The third-order valence-electron chi connectivity index (χ3n) is 12.1. The van der Waals surface area contributed by atoms with Crippen molar-refractivity contribution in [1.29, 1.82) is 0 Å². The summed E-state index contributed by atoms with van der Waals surface area (Å²) in [5.41, 5.74) is -0.503. The van der Waals surface area contributed by atoms with Gasteiger partial charge in [0, 0.05) is 19.1 Å². The van der Waals surface area contributed by atoms with Crippen LogP contribution in [0.5, 0.6) is 0 Å². The maximum Gasteiger partial charge on any atom is 0.0711 e. The van der Waals surface area contributed by atoms with Crippen LogP contribution >= 0.6 is 0 Å². The van der Waals surface area contributed by atoms with Crippen LogP contribution in [0.4, 0.5) is 0 Å². The van der Waals surface area contributed by atoms with Crippen molar-refractivity contribution in [2.75, 3.05) is 13.1 Å². The van der Waals surface area contributed by atoms with Gasteiger partial charge in [0.25, 0.3) is 0 Å². The van der Waals surface area contributed by atoms with Gasteiger partial charge in [-0.2, -0.15) is 0 Å². The Kier molecular flexibility index (Phi) is 4.94. The Bertz CT molecular complexity index is 713. The first kappa shape index (κ1) is 21.4. The average molecular weight is 432 g/mol. The second-order valence-electron chi connectivity index (χ2n) is 13.3. The molecule has 6 rings (SSSR count). The van der Waals surface area contributed by atoms with Gasteiger partial charge in [0.1, 0.15) is 0 Å². The molecule has 2 heterocycles. The number of fused-ring (bicyclic) bond motifs is 8. The van der Waals surface area contributed by atoms with Gasteiger partial charge >= 0.3 is 0 Å². The zero-order valence-electron chi connectivity index (χ0n) is 19.9. The molecule has 13 atom stereocenters. The van der Waals surface area contributed by atoms with Crippen molar-refractivity contribution < 1.29 is 15.3 Å². The van der Waals surface area contributed by atoms with E-state index < -0.39 is 5.60 Å². The first-order valence-corrected chi connectivity index (χ1v) is 13.5. The topological polar surface area (TPSA) is 63.9 Å². The molecule has 4 heteroatoms. The average Bonchev–Trinajstić information content (AvgIpc) is 3.03. The fourth-order valence-electron chi connectivity index (χ4n) is 10.6. The van der Waals surface area contributed by atoms with Crippen LogP contribution in [-0.2, 0) is 0 Å². The molecule has 3 N–H and O–H groups in total. The number of rotatable bonds is 0. The second-order valence-corrected chi connectivity index (χ2v) is 13.3. The van der Waals surface area contributed by atoms with E-state index in [0.29, 0.717) is 17.8 Å². The van der Waals surface area contributed by atoms with E-state index in [-0.39, 0.29) is 29.5 Å². The van der Waals surface area contributed by atoms with E-state index in [9.17, 15) is 15.3 Å². The Hall–Kier alpha value is -0.160. The number of hydrogen-bond donors (Lipinski definition) is 3. The summed E-state index contributed by atoms with van der Waals surface area (Å²) < 4.78 is 0. The van der Waals surface area contributed by atoms with Gasteiger partial charge in [-0.25, -0.2) is 0 Å². The summed E-state index contributed by atoms with van der Waals surface area (Å²) in [5, 5.41) is 33.8. The molecule has 0 aromatic heterocycles. The molecular formula is C27H45NO3. The summed E-state index contributed by atoms with van der Waals surface area (Å²) in [6.45, 7) is 9.76. The molecule has 0 bridgehead atoms. The Morgan fingerprint density at radius 1 is 0.774 bits per heavy atom. The first-order valence-electron chi connectivity index (χ1n) is 13.5. The van der Waals surface area contributed by atoms with E-state index in [1.54, 1.807) is 0 Å². The van der Waals surface area contributed by atoms with E-state index in [1.807, 2.05) is 0 Å². The standard InChI is InChI=1S/C27H45NO3/c1-15-4-5-24-16(2)18-7-9-27(31)20(19(18)14-28(24)13-15)11-21-22(27)12-25(30)23-10-17(29)6-8-26(21,23)3/h15-25,29-31H,4-14H2,1-3H3/t15-,16-,17-,18+,19-,20-,21-,22+,23+,24-,25+,26+,27+/m1/s1. The maximum atomic E-state index is 12.3. The lowest BCUT2D eigenvalue weighted by Crippen LogP contribution is -2.62. The van der Waals surface area contributed by atoms with E-state index in [0.717, 1.165) is 62.3 Å². The molecule has 4 saturated carbocycles. The molecular weight excluding hydrogens is 386 g/mol. The molecule has 0 radical (unpaired) electrons. The summed E-state index contributed by atoms with van der Waals surface area (Å²) >= 11 is 0. The predicted octanol–water partition coefficient (Wildman–Crippen LogP) is 3.68. The fraction of sp³-hybridized carbons (Fsp3) is 1.00. The van der Waals surface area contributed by atoms with E-state index in [1.165, 1.54) is 32.4 Å². The highest BCUT2D eigenvalue weighted by atomic mass is 16.3. The molecule has 0 aromatic carbocycles. The highest BCUT2D eigenvalue weighted by Crippen LogP contribution is 2.68. The molecule has 0 amide bonds. The van der Waals surface area contributed by atoms with Crippen molar-refractivity contribution >= 4 is 0 Å². The van der Waals surface area contributed by atoms with Crippen molar-refractivity contribution in [3.8, 4) is 0 Å². The molecule has 6 fully saturated rings. The minimum atomic E-state index is -0.579. The van der Waals surface area contributed by atoms with Gasteiger partial charge in [-0.1, -0.05) is 20.8 Å². The lowest BCUT2D eigenvalue weighted by atomic mass is 9.50. The summed E-state index contributed by atoms with van der Waals surface area (Å²) in [6, 6.07) is 0.760. The van der Waals surface area contributed by atoms with Crippen LogP contribution in [-0.4, -0.2) is 57.2 Å². The lowest BCUT2D eigenvalue weighted by Gasteiger charge is -2.59. The number of nitrogens with zero attached hydrogens (tertiary/aromatic N) is 1. The van der Waals surface area contributed by atoms with Gasteiger partial charge in [-0.05, 0) is 111 Å². The zero-order chi connectivity index (χ0) is 21.7. The number of piperidine rings is 2. The molecule has 2 saturated heterocycles. The molecule has 4 nitrogen and oxygen atoms in total. The van der Waals surface area contributed by atoms with Crippen LogP contribution in [0.3, 0.4) is 0 Å². The van der Waals surface area contributed by atoms with E-state index in [4.69, 9.17) is 0 Å². The SMILES string of the molecule is C[C@@H]1CC[C@@H]2[C@H](C)[C@@H]3CC[C@]4(O)[C@H](C[C@@H]5[C@@H]4C[C@H](O)[C@@H]4C[C@H](O)CC[C@@]54C)[C@@H]3CN2C1. The van der Waals surface area contributed by atoms with Crippen LogP contribution in [0.25, 0.3) is 0 Å². The highest BCUT2D eigenvalue weighted by molar-refractivity contribution is 5.17. The molecule has 0 aromatic rings. The Morgan fingerprint density at radius 3 is 2.39 bits per heavy atom. The highest BCUT2D eigenvalue weighted by Gasteiger charge is 2.67. The monoisotopic (exact) mass is 431 g/mol. The first-order chi connectivity index (χ1) is 14.7.